The number of hydrogen-bond donors (Lipinski definition) is 1. The fraction of sp³-hybridized carbons (Fsp3) is 0.462. The fourth-order valence-electron chi connectivity index (χ4n) is 1.71. The van der Waals surface area contributed by atoms with E-state index in [4.69, 9.17) is 16.7 Å². The quantitative estimate of drug-likeness (QED) is 0.866. The SMILES string of the molecule is CC(CN(C)CCc1c(F)cccc1Cl)C(=O)O. The van der Waals surface area contributed by atoms with E-state index in [1.54, 1.807) is 19.1 Å². The molecule has 0 saturated heterocycles. The number of halogens is 2. The Kier molecular flexibility index (Phi) is 5.56. The highest BCUT2D eigenvalue weighted by atomic mass is 35.5. The minimum absolute atomic E-state index is 0.317. The zero-order valence-electron chi connectivity index (χ0n) is 10.5. The van der Waals surface area contributed by atoms with Crippen LogP contribution in [0.1, 0.15) is 12.5 Å². The van der Waals surface area contributed by atoms with Crippen LogP contribution in [0.2, 0.25) is 5.02 Å². The molecule has 1 unspecified atom stereocenters. The average Bonchev–Trinajstić information content (AvgIpc) is 2.28. The third-order valence-electron chi connectivity index (χ3n) is 2.81. The Labute approximate surface area is 111 Å². The maximum absolute atomic E-state index is 13.5. The molecule has 0 saturated carbocycles. The summed E-state index contributed by atoms with van der Waals surface area (Å²) in [5, 5.41) is 9.21. The lowest BCUT2D eigenvalue weighted by Gasteiger charge is -2.19. The van der Waals surface area contributed by atoms with Crippen molar-refractivity contribution in [3.63, 3.8) is 0 Å². The fourth-order valence-corrected chi connectivity index (χ4v) is 1.97. The van der Waals surface area contributed by atoms with Gasteiger partial charge in [-0.2, -0.15) is 0 Å². The van der Waals surface area contributed by atoms with E-state index >= 15 is 0 Å². The van der Waals surface area contributed by atoms with Crippen LogP contribution in [-0.4, -0.2) is 36.1 Å². The molecule has 1 N–H and O–H groups in total. The van der Waals surface area contributed by atoms with Gasteiger partial charge in [-0.15, -0.1) is 0 Å². The molecule has 5 heteroatoms. The molecule has 0 aliphatic heterocycles. The van der Waals surface area contributed by atoms with E-state index in [2.05, 4.69) is 0 Å². The molecule has 0 aliphatic carbocycles. The van der Waals surface area contributed by atoms with Crippen molar-refractivity contribution in [1.29, 1.82) is 0 Å². The van der Waals surface area contributed by atoms with Crippen LogP contribution in [0, 0.1) is 11.7 Å². The van der Waals surface area contributed by atoms with E-state index in [1.807, 2.05) is 11.9 Å². The largest absolute Gasteiger partial charge is 0.481 e. The first kappa shape index (κ1) is 14.9. The van der Waals surface area contributed by atoms with Gasteiger partial charge in [0.25, 0.3) is 0 Å². The van der Waals surface area contributed by atoms with Crippen molar-refractivity contribution in [3.8, 4) is 0 Å². The van der Waals surface area contributed by atoms with Crippen LogP contribution in [0.3, 0.4) is 0 Å². The Hall–Kier alpha value is -1.13. The number of nitrogens with zero attached hydrogens (tertiary/aromatic N) is 1. The van der Waals surface area contributed by atoms with Crippen LogP contribution >= 0.6 is 11.6 Å². The summed E-state index contributed by atoms with van der Waals surface area (Å²) in [4.78, 5) is 12.6. The first-order valence-corrected chi connectivity index (χ1v) is 6.14. The smallest absolute Gasteiger partial charge is 0.307 e. The van der Waals surface area contributed by atoms with E-state index in [0.29, 0.717) is 30.1 Å². The van der Waals surface area contributed by atoms with E-state index in [9.17, 15) is 9.18 Å². The molecule has 1 atom stereocenters. The van der Waals surface area contributed by atoms with E-state index in [1.165, 1.54) is 6.07 Å². The summed E-state index contributed by atoms with van der Waals surface area (Å²) in [6.45, 7) is 2.65. The Morgan fingerprint density at radius 1 is 1.56 bits per heavy atom. The highest BCUT2D eigenvalue weighted by molar-refractivity contribution is 6.31. The van der Waals surface area contributed by atoms with Gasteiger partial charge < -0.3 is 10.0 Å². The van der Waals surface area contributed by atoms with E-state index in [0.717, 1.165) is 0 Å². The standard InChI is InChI=1S/C13H17ClFNO2/c1-9(13(17)18)8-16(2)7-6-10-11(14)4-3-5-12(10)15/h3-5,9H,6-8H2,1-2H3,(H,17,18). The Morgan fingerprint density at radius 3 is 2.78 bits per heavy atom. The summed E-state index contributed by atoms with van der Waals surface area (Å²) in [6.07, 6.45) is 0.467. The van der Waals surface area contributed by atoms with Gasteiger partial charge in [-0.1, -0.05) is 24.6 Å². The highest BCUT2D eigenvalue weighted by Crippen LogP contribution is 2.19. The topological polar surface area (TPSA) is 40.5 Å². The summed E-state index contributed by atoms with van der Waals surface area (Å²) in [6, 6.07) is 4.60. The summed E-state index contributed by atoms with van der Waals surface area (Å²) >= 11 is 5.92. The van der Waals surface area contributed by atoms with Crippen LogP contribution in [0.15, 0.2) is 18.2 Å². The maximum atomic E-state index is 13.5. The monoisotopic (exact) mass is 273 g/mol. The van der Waals surface area contributed by atoms with Gasteiger partial charge in [0.1, 0.15) is 5.82 Å². The molecule has 0 heterocycles. The minimum atomic E-state index is -0.828. The lowest BCUT2D eigenvalue weighted by molar-refractivity contribution is -0.141. The van der Waals surface area contributed by atoms with Crippen molar-refractivity contribution in [2.75, 3.05) is 20.1 Å². The van der Waals surface area contributed by atoms with Gasteiger partial charge in [0.15, 0.2) is 0 Å². The lowest BCUT2D eigenvalue weighted by atomic mass is 10.1. The Morgan fingerprint density at radius 2 is 2.22 bits per heavy atom. The Bertz CT molecular complexity index is 405. The van der Waals surface area contributed by atoms with Crippen molar-refractivity contribution in [2.45, 2.75) is 13.3 Å². The minimum Gasteiger partial charge on any atom is -0.481 e. The molecule has 1 rings (SSSR count). The van der Waals surface area contributed by atoms with Gasteiger partial charge in [-0.3, -0.25) is 4.79 Å². The van der Waals surface area contributed by atoms with Gasteiger partial charge in [-0.05, 0) is 25.6 Å². The number of rotatable bonds is 6. The number of aliphatic carboxylic acids is 1. The summed E-state index contributed by atoms with van der Waals surface area (Å²) < 4.78 is 13.5. The first-order chi connectivity index (χ1) is 8.41. The number of carboxylic acid groups (broad SMARTS) is 1. The predicted molar refractivity (Wildman–Crippen MR) is 69.4 cm³/mol. The lowest BCUT2D eigenvalue weighted by Crippen LogP contribution is -2.30. The summed E-state index contributed by atoms with van der Waals surface area (Å²) in [5.41, 5.74) is 0.481. The molecule has 100 valence electrons. The average molecular weight is 274 g/mol. The second-order valence-electron chi connectivity index (χ2n) is 4.45. The van der Waals surface area contributed by atoms with Crippen molar-refractivity contribution >= 4 is 17.6 Å². The molecule has 0 aromatic heterocycles. The number of hydrogen-bond acceptors (Lipinski definition) is 2. The molecular weight excluding hydrogens is 257 g/mol. The van der Waals surface area contributed by atoms with Crippen molar-refractivity contribution in [3.05, 3.63) is 34.6 Å². The summed E-state index contributed by atoms with van der Waals surface area (Å²) in [7, 11) is 1.81. The van der Waals surface area contributed by atoms with Gasteiger partial charge in [-0.25, -0.2) is 4.39 Å². The normalized spacial score (nSPS) is 12.7. The molecular formula is C13H17ClFNO2. The van der Waals surface area contributed by atoms with Gasteiger partial charge >= 0.3 is 5.97 Å². The van der Waals surface area contributed by atoms with Crippen LogP contribution in [0.5, 0.6) is 0 Å². The molecule has 0 spiro atoms. The molecule has 0 amide bonds. The van der Waals surface area contributed by atoms with E-state index in [-0.39, 0.29) is 5.82 Å². The zero-order chi connectivity index (χ0) is 13.7. The van der Waals surface area contributed by atoms with Crippen LogP contribution in [-0.2, 0) is 11.2 Å². The third-order valence-corrected chi connectivity index (χ3v) is 3.17. The highest BCUT2D eigenvalue weighted by Gasteiger charge is 2.14. The van der Waals surface area contributed by atoms with Crippen LogP contribution < -0.4 is 0 Å². The molecule has 1 aromatic rings. The molecule has 0 bridgehead atoms. The van der Waals surface area contributed by atoms with Crippen LogP contribution in [0.4, 0.5) is 4.39 Å². The second kappa shape index (κ2) is 6.71. The summed E-state index contributed by atoms with van der Waals surface area (Å²) in [5.74, 6) is -1.58. The van der Waals surface area contributed by atoms with Gasteiger partial charge in [0, 0.05) is 23.7 Å². The molecule has 0 fully saturated rings. The van der Waals surface area contributed by atoms with Gasteiger partial charge in [0.2, 0.25) is 0 Å². The second-order valence-corrected chi connectivity index (χ2v) is 4.86. The van der Waals surface area contributed by atoms with E-state index < -0.39 is 11.9 Å². The third kappa shape index (κ3) is 4.27. The number of carbonyl (C=O) groups is 1. The molecule has 3 nitrogen and oxygen atoms in total. The Balaban J connectivity index is 2.52. The number of likely N-dealkylation sites (N-methyl/N-ethyl adjacent to an activating group) is 1. The van der Waals surface area contributed by atoms with Gasteiger partial charge in [0.05, 0.1) is 5.92 Å². The first-order valence-electron chi connectivity index (χ1n) is 5.76. The molecule has 18 heavy (non-hydrogen) atoms. The van der Waals surface area contributed by atoms with Crippen molar-refractivity contribution in [1.82, 2.24) is 4.90 Å². The van der Waals surface area contributed by atoms with Crippen LogP contribution in [0.25, 0.3) is 0 Å². The molecule has 0 radical (unpaired) electrons. The predicted octanol–water partition coefficient (Wildman–Crippen LogP) is 2.67. The maximum Gasteiger partial charge on any atom is 0.307 e. The molecule has 1 aromatic carbocycles. The number of carboxylic acids is 1. The number of benzene rings is 1. The zero-order valence-corrected chi connectivity index (χ0v) is 11.2. The van der Waals surface area contributed by atoms with Crippen molar-refractivity contribution < 1.29 is 14.3 Å². The molecule has 0 aliphatic rings. The van der Waals surface area contributed by atoms with Crippen molar-refractivity contribution in [2.24, 2.45) is 5.92 Å².